The first-order valence-electron chi connectivity index (χ1n) is 4.18. The van der Waals surface area contributed by atoms with Crippen LogP contribution in [0.2, 0.25) is 0 Å². The quantitative estimate of drug-likeness (QED) is 0.640. The van der Waals surface area contributed by atoms with Crippen LogP contribution in [0.15, 0.2) is 30.3 Å². The molecule has 4 nitrogen and oxygen atoms in total. The molecule has 1 unspecified atom stereocenters. The minimum absolute atomic E-state index is 0.505. The highest BCUT2D eigenvalue weighted by Crippen LogP contribution is 1.92. The van der Waals surface area contributed by atoms with Crippen LogP contribution in [0.1, 0.15) is 5.56 Å². The summed E-state index contributed by atoms with van der Waals surface area (Å²) in [5, 5.41) is 15.9. The molecule has 1 atom stereocenters. The molecule has 0 bridgehead atoms. The molecule has 4 heteroatoms. The Balaban J connectivity index is 0.000000241. The van der Waals surface area contributed by atoms with E-state index in [1.54, 1.807) is 0 Å². The van der Waals surface area contributed by atoms with Crippen LogP contribution in [-0.2, 0) is 4.79 Å². The van der Waals surface area contributed by atoms with Crippen LogP contribution in [0.3, 0.4) is 0 Å². The van der Waals surface area contributed by atoms with E-state index in [1.807, 2.05) is 18.2 Å². The third-order valence-corrected chi connectivity index (χ3v) is 1.45. The van der Waals surface area contributed by atoms with E-state index in [2.05, 4.69) is 19.1 Å². The van der Waals surface area contributed by atoms with E-state index in [-0.39, 0.29) is 0 Å². The fourth-order valence-corrected chi connectivity index (χ4v) is 0.612. The van der Waals surface area contributed by atoms with Crippen molar-refractivity contribution in [1.29, 1.82) is 0 Å². The summed E-state index contributed by atoms with van der Waals surface area (Å²) in [6.45, 7) is 1.58. The van der Waals surface area contributed by atoms with Gasteiger partial charge < -0.3 is 15.9 Å². The van der Waals surface area contributed by atoms with Gasteiger partial charge in [-0.3, -0.25) is 4.79 Å². The van der Waals surface area contributed by atoms with Gasteiger partial charge in [0.15, 0.2) is 0 Å². The van der Waals surface area contributed by atoms with Crippen molar-refractivity contribution in [2.24, 2.45) is 5.73 Å². The first kappa shape index (κ1) is 12.6. The number of rotatable bonds is 2. The molecule has 0 saturated carbocycles. The lowest BCUT2D eigenvalue weighted by molar-refractivity contribution is -0.139. The predicted molar refractivity (Wildman–Crippen MR) is 53.9 cm³/mol. The molecule has 0 aliphatic carbocycles. The second-order valence-electron chi connectivity index (χ2n) is 2.78. The van der Waals surface area contributed by atoms with Crippen molar-refractivity contribution in [3.63, 3.8) is 0 Å². The van der Waals surface area contributed by atoms with Crippen molar-refractivity contribution in [2.75, 3.05) is 6.61 Å². The number of nitrogens with two attached hydrogens (primary N) is 1. The van der Waals surface area contributed by atoms with Gasteiger partial charge in [0.2, 0.25) is 0 Å². The minimum Gasteiger partial charge on any atom is -0.480 e. The maximum atomic E-state index is 9.65. The number of carboxylic acid groups (broad SMARTS) is 1. The summed E-state index contributed by atoms with van der Waals surface area (Å²) >= 11 is 0. The lowest BCUT2D eigenvalue weighted by Gasteiger charge is -1.96. The molecule has 0 saturated heterocycles. The molecule has 0 radical (unpaired) electrons. The minimum atomic E-state index is -1.18. The van der Waals surface area contributed by atoms with E-state index < -0.39 is 18.6 Å². The fraction of sp³-hybridized carbons (Fsp3) is 0.300. The molecule has 1 aromatic carbocycles. The van der Waals surface area contributed by atoms with Gasteiger partial charge in [-0.2, -0.15) is 0 Å². The number of aliphatic carboxylic acids is 1. The third-order valence-electron chi connectivity index (χ3n) is 1.45. The second kappa shape index (κ2) is 7.06. The van der Waals surface area contributed by atoms with Gasteiger partial charge in [0.05, 0.1) is 6.61 Å². The number of carboxylic acids is 1. The summed E-state index contributed by atoms with van der Waals surface area (Å²) in [5.74, 6) is -1.18. The molecule has 14 heavy (non-hydrogen) atoms. The molecule has 0 aromatic heterocycles. The third kappa shape index (κ3) is 6.16. The Morgan fingerprint density at radius 3 is 2.07 bits per heavy atom. The average Bonchev–Trinajstić information content (AvgIpc) is 2.18. The van der Waals surface area contributed by atoms with E-state index in [0.717, 1.165) is 0 Å². The maximum Gasteiger partial charge on any atom is 0.322 e. The predicted octanol–water partition coefficient (Wildman–Crippen LogP) is 0.386. The average molecular weight is 197 g/mol. The summed E-state index contributed by atoms with van der Waals surface area (Å²) in [6, 6.07) is 9.14. The topological polar surface area (TPSA) is 83.5 Å². The Hall–Kier alpha value is -1.39. The van der Waals surface area contributed by atoms with Gasteiger partial charge in [-0.25, -0.2) is 0 Å². The van der Waals surface area contributed by atoms with Gasteiger partial charge in [-0.05, 0) is 6.92 Å². The highest BCUT2D eigenvalue weighted by molar-refractivity contribution is 5.73. The highest BCUT2D eigenvalue weighted by atomic mass is 16.4. The van der Waals surface area contributed by atoms with Crippen LogP contribution in [0.5, 0.6) is 0 Å². The largest absolute Gasteiger partial charge is 0.480 e. The Morgan fingerprint density at radius 1 is 1.43 bits per heavy atom. The molecule has 0 spiro atoms. The van der Waals surface area contributed by atoms with Gasteiger partial charge >= 0.3 is 5.97 Å². The summed E-state index contributed by atoms with van der Waals surface area (Å²) < 4.78 is 0. The van der Waals surface area contributed by atoms with Crippen molar-refractivity contribution in [1.82, 2.24) is 0 Å². The van der Waals surface area contributed by atoms with E-state index in [4.69, 9.17) is 15.9 Å². The second-order valence-corrected chi connectivity index (χ2v) is 2.78. The molecule has 0 aliphatic rings. The molecular formula is C10H15NO3. The van der Waals surface area contributed by atoms with Gasteiger partial charge in [0.25, 0.3) is 0 Å². The number of hydrogen-bond donors (Lipinski definition) is 3. The number of benzene rings is 1. The monoisotopic (exact) mass is 197 g/mol. The van der Waals surface area contributed by atoms with Crippen molar-refractivity contribution >= 4 is 5.97 Å². The normalized spacial score (nSPS) is 11.1. The fourth-order valence-electron chi connectivity index (χ4n) is 0.612. The van der Waals surface area contributed by atoms with Crippen molar-refractivity contribution < 1.29 is 15.0 Å². The lowest BCUT2D eigenvalue weighted by atomic mass is 10.2. The van der Waals surface area contributed by atoms with Gasteiger partial charge in [-0.15, -0.1) is 0 Å². The molecule has 0 fully saturated rings. The Kier molecular flexibility index (Phi) is 6.36. The van der Waals surface area contributed by atoms with Gasteiger partial charge in [0, 0.05) is 0 Å². The van der Waals surface area contributed by atoms with Crippen LogP contribution in [0.25, 0.3) is 0 Å². The molecule has 0 aliphatic heterocycles. The van der Waals surface area contributed by atoms with E-state index in [9.17, 15) is 4.79 Å². The Labute approximate surface area is 83.0 Å². The molecule has 78 valence electrons. The first-order valence-corrected chi connectivity index (χ1v) is 4.18. The number of aryl methyl sites for hydroxylation is 1. The van der Waals surface area contributed by atoms with Crippen molar-refractivity contribution in [3.05, 3.63) is 35.9 Å². The molecule has 1 rings (SSSR count). The SMILES string of the molecule is Cc1ccccc1.NC(CO)C(=O)O. The first-order chi connectivity index (χ1) is 6.57. The van der Waals surface area contributed by atoms with Crippen LogP contribution < -0.4 is 5.73 Å². The zero-order valence-electron chi connectivity index (χ0n) is 8.05. The summed E-state index contributed by atoms with van der Waals surface area (Å²) in [6.07, 6.45) is 0. The Bertz CT molecular complexity index is 261. The van der Waals surface area contributed by atoms with E-state index >= 15 is 0 Å². The summed E-state index contributed by atoms with van der Waals surface area (Å²) in [5.41, 5.74) is 6.09. The maximum absolute atomic E-state index is 9.65. The zero-order chi connectivity index (χ0) is 11.0. The summed E-state index contributed by atoms with van der Waals surface area (Å²) in [7, 11) is 0. The molecular weight excluding hydrogens is 182 g/mol. The highest BCUT2D eigenvalue weighted by Gasteiger charge is 2.06. The Morgan fingerprint density at radius 2 is 1.93 bits per heavy atom. The molecule has 4 N–H and O–H groups in total. The van der Waals surface area contributed by atoms with Gasteiger partial charge in [-0.1, -0.05) is 35.9 Å². The number of carbonyl (C=O) groups is 1. The van der Waals surface area contributed by atoms with Crippen LogP contribution in [0, 0.1) is 6.92 Å². The summed E-state index contributed by atoms with van der Waals surface area (Å²) in [4.78, 5) is 9.65. The molecule has 0 amide bonds. The number of aliphatic hydroxyl groups is 1. The number of aliphatic hydroxyl groups excluding tert-OH is 1. The van der Waals surface area contributed by atoms with Crippen molar-refractivity contribution in [2.45, 2.75) is 13.0 Å². The van der Waals surface area contributed by atoms with Crippen LogP contribution in [0.4, 0.5) is 0 Å². The van der Waals surface area contributed by atoms with Crippen LogP contribution in [-0.4, -0.2) is 28.8 Å². The van der Waals surface area contributed by atoms with Gasteiger partial charge in [0.1, 0.15) is 6.04 Å². The van der Waals surface area contributed by atoms with E-state index in [0.29, 0.717) is 0 Å². The lowest BCUT2D eigenvalue weighted by Crippen LogP contribution is -2.33. The van der Waals surface area contributed by atoms with Crippen LogP contribution >= 0.6 is 0 Å². The molecule has 0 heterocycles. The zero-order valence-corrected chi connectivity index (χ0v) is 8.05. The van der Waals surface area contributed by atoms with E-state index in [1.165, 1.54) is 5.56 Å². The smallest absolute Gasteiger partial charge is 0.322 e. The number of hydrogen-bond acceptors (Lipinski definition) is 3. The van der Waals surface area contributed by atoms with Crippen molar-refractivity contribution in [3.8, 4) is 0 Å². The standard InChI is InChI=1S/C7H8.C3H7NO3/c1-7-5-3-2-4-6-7;4-2(1-5)3(6)7/h2-6H,1H3;2,5H,1,4H2,(H,6,7). The molecule has 1 aromatic rings.